The third-order valence-electron chi connectivity index (χ3n) is 3.16. The number of anilines is 1. The number of benzene rings is 1. The van der Waals surface area contributed by atoms with Crippen LogP contribution in [0.1, 0.15) is 28.3 Å². The van der Waals surface area contributed by atoms with Gasteiger partial charge in [-0.25, -0.2) is 18.7 Å². The van der Waals surface area contributed by atoms with Crippen molar-refractivity contribution in [2.45, 2.75) is 13.3 Å². The molecule has 0 atom stereocenters. The van der Waals surface area contributed by atoms with E-state index in [0.29, 0.717) is 22.5 Å². The van der Waals surface area contributed by atoms with E-state index in [1.807, 2.05) is 0 Å². The Morgan fingerprint density at radius 3 is 2.59 bits per heavy atom. The zero-order valence-electron chi connectivity index (χ0n) is 11.6. The number of aryl methyl sites for hydroxylation is 1. The molecule has 1 amide bonds. The topological polar surface area (TPSA) is 70.7 Å². The van der Waals surface area contributed by atoms with Crippen molar-refractivity contribution in [2.24, 2.45) is 0 Å². The molecule has 0 aliphatic rings. The number of amides is 1. The Morgan fingerprint density at radius 2 is 1.91 bits per heavy atom. The van der Waals surface area contributed by atoms with E-state index in [2.05, 4.69) is 20.3 Å². The highest BCUT2D eigenvalue weighted by Crippen LogP contribution is 2.21. The summed E-state index contributed by atoms with van der Waals surface area (Å²) >= 11 is 0. The van der Waals surface area contributed by atoms with Crippen LogP contribution in [0, 0.1) is 6.92 Å². The molecule has 0 radical (unpaired) electrons. The van der Waals surface area contributed by atoms with E-state index in [1.54, 1.807) is 19.2 Å². The minimum Gasteiger partial charge on any atom is -0.346 e. The minimum absolute atomic E-state index is 0.0936. The number of fused-ring (bicyclic) bond motifs is 1. The van der Waals surface area contributed by atoms with Crippen molar-refractivity contribution in [1.82, 2.24) is 15.0 Å². The summed E-state index contributed by atoms with van der Waals surface area (Å²) in [4.78, 5) is 23.6. The molecule has 2 heterocycles. The van der Waals surface area contributed by atoms with Crippen molar-refractivity contribution in [1.29, 1.82) is 0 Å². The van der Waals surface area contributed by atoms with E-state index >= 15 is 0 Å². The first-order valence-electron chi connectivity index (χ1n) is 6.56. The zero-order valence-corrected chi connectivity index (χ0v) is 11.6. The number of aromatic nitrogens is 3. The summed E-state index contributed by atoms with van der Waals surface area (Å²) in [6.45, 7) is 1.69. The Labute approximate surface area is 124 Å². The number of hydrogen-bond donors (Lipinski definition) is 2. The number of aromatic amines is 1. The Morgan fingerprint density at radius 1 is 1.18 bits per heavy atom. The molecule has 5 nitrogen and oxygen atoms in total. The molecule has 0 aliphatic heterocycles. The fourth-order valence-corrected chi connectivity index (χ4v) is 2.13. The molecule has 0 fully saturated rings. The van der Waals surface area contributed by atoms with Crippen molar-refractivity contribution < 1.29 is 13.6 Å². The molecule has 0 saturated heterocycles. The predicted octanol–water partition coefficient (Wildman–Crippen LogP) is 3.46. The molecule has 3 rings (SSSR count). The average Bonchev–Trinajstić information content (AvgIpc) is 2.94. The maximum atomic E-state index is 12.5. The van der Waals surface area contributed by atoms with Gasteiger partial charge in [0, 0.05) is 17.4 Å². The molecular weight excluding hydrogens is 290 g/mol. The van der Waals surface area contributed by atoms with Gasteiger partial charge >= 0.3 is 0 Å². The zero-order chi connectivity index (χ0) is 15.7. The number of hydrogen-bond acceptors (Lipinski definition) is 3. The molecule has 2 aromatic heterocycles. The Bertz CT molecular complexity index is 827. The van der Waals surface area contributed by atoms with Gasteiger partial charge in [-0.2, -0.15) is 0 Å². The van der Waals surface area contributed by atoms with Gasteiger partial charge in [0.05, 0.1) is 5.39 Å². The number of carbonyl (C=O) groups excluding carboxylic acids is 1. The lowest BCUT2D eigenvalue weighted by Gasteiger charge is -2.07. The molecule has 0 saturated carbocycles. The second-order valence-electron chi connectivity index (χ2n) is 4.74. The molecule has 0 unspecified atom stereocenters. The highest BCUT2D eigenvalue weighted by Gasteiger charge is 2.15. The number of alkyl halides is 2. The molecule has 22 heavy (non-hydrogen) atoms. The van der Waals surface area contributed by atoms with Crippen molar-refractivity contribution >= 4 is 22.6 Å². The molecule has 1 aromatic carbocycles. The van der Waals surface area contributed by atoms with Crippen LogP contribution < -0.4 is 5.32 Å². The van der Waals surface area contributed by atoms with Crippen LogP contribution in [0.4, 0.5) is 14.5 Å². The van der Waals surface area contributed by atoms with Gasteiger partial charge in [0.1, 0.15) is 17.2 Å². The third-order valence-corrected chi connectivity index (χ3v) is 3.16. The van der Waals surface area contributed by atoms with Crippen LogP contribution in [0.2, 0.25) is 0 Å². The third kappa shape index (κ3) is 2.65. The van der Waals surface area contributed by atoms with Gasteiger partial charge in [0.25, 0.3) is 12.3 Å². The summed E-state index contributed by atoms with van der Waals surface area (Å²) in [5.74, 6) is 0.0491. The van der Waals surface area contributed by atoms with Gasteiger partial charge in [0.2, 0.25) is 0 Å². The second kappa shape index (κ2) is 5.51. The SMILES string of the molecule is Cc1nc(C(=O)Nc2ccc(C(F)F)cc2)c2cc[nH]c2n1. The van der Waals surface area contributed by atoms with Crippen LogP contribution in [-0.4, -0.2) is 20.9 Å². The first-order chi connectivity index (χ1) is 10.5. The largest absolute Gasteiger partial charge is 0.346 e. The van der Waals surface area contributed by atoms with Crippen molar-refractivity contribution in [2.75, 3.05) is 5.32 Å². The average molecular weight is 302 g/mol. The number of halogens is 2. The maximum Gasteiger partial charge on any atom is 0.275 e. The fraction of sp³-hybridized carbons (Fsp3) is 0.133. The second-order valence-corrected chi connectivity index (χ2v) is 4.74. The van der Waals surface area contributed by atoms with E-state index in [-0.39, 0.29) is 11.3 Å². The van der Waals surface area contributed by atoms with Gasteiger partial charge < -0.3 is 10.3 Å². The summed E-state index contributed by atoms with van der Waals surface area (Å²) in [5.41, 5.74) is 1.14. The quantitative estimate of drug-likeness (QED) is 0.778. The highest BCUT2D eigenvalue weighted by molar-refractivity contribution is 6.10. The smallest absolute Gasteiger partial charge is 0.275 e. The Hall–Kier alpha value is -2.83. The molecule has 3 aromatic rings. The van der Waals surface area contributed by atoms with Gasteiger partial charge in [0.15, 0.2) is 0 Å². The molecule has 2 N–H and O–H groups in total. The van der Waals surface area contributed by atoms with E-state index in [9.17, 15) is 13.6 Å². The molecule has 112 valence electrons. The molecule has 0 aliphatic carbocycles. The lowest BCUT2D eigenvalue weighted by Crippen LogP contribution is -2.15. The van der Waals surface area contributed by atoms with Crippen molar-refractivity contribution in [3.8, 4) is 0 Å². The summed E-state index contributed by atoms with van der Waals surface area (Å²) in [5, 5.41) is 3.25. The lowest BCUT2D eigenvalue weighted by molar-refractivity contribution is 0.102. The molecule has 7 heteroatoms. The van der Waals surface area contributed by atoms with Crippen LogP contribution in [-0.2, 0) is 0 Å². The van der Waals surface area contributed by atoms with Gasteiger partial charge in [-0.3, -0.25) is 4.79 Å². The summed E-state index contributed by atoms with van der Waals surface area (Å²) in [6, 6.07) is 7.13. The van der Waals surface area contributed by atoms with E-state index < -0.39 is 12.3 Å². The van der Waals surface area contributed by atoms with E-state index in [1.165, 1.54) is 24.3 Å². The number of rotatable bonds is 3. The van der Waals surface area contributed by atoms with Crippen LogP contribution in [0.5, 0.6) is 0 Å². The van der Waals surface area contributed by atoms with Crippen LogP contribution in [0.25, 0.3) is 11.0 Å². The van der Waals surface area contributed by atoms with E-state index in [0.717, 1.165) is 0 Å². The molecular formula is C15H12F2N4O. The van der Waals surface area contributed by atoms with Crippen LogP contribution >= 0.6 is 0 Å². The van der Waals surface area contributed by atoms with E-state index in [4.69, 9.17) is 0 Å². The monoisotopic (exact) mass is 302 g/mol. The molecule has 0 spiro atoms. The normalized spacial score (nSPS) is 11.1. The number of carbonyl (C=O) groups is 1. The minimum atomic E-state index is -2.53. The lowest BCUT2D eigenvalue weighted by atomic mass is 10.2. The van der Waals surface area contributed by atoms with Gasteiger partial charge in [-0.15, -0.1) is 0 Å². The Kier molecular flexibility index (Phi) is 3.54. The number of nitrogens with one attached hydrogen (secondary N) is 2. The number of nitrogens with zero attached hydrogens (tertiary/aromatic N) is 2. The Balaban J connectivity index is 1.88. The van der Waals surface area contributed by atoms with Crippen molar-refractivity contribution in [3.63, 3.8) is 0 Å². The van der Waals surface area contributed by atoms with Gasteiger partial charge in [-0.1, -0.05) is 12.1 Å². The van der Waals surface area contributed by atoms with Crippen LogP contribution in [0.15, 0.2) is 36.5 Å². The standard InChI is InChI=1S/C15H12F2N4O/c1-8-19-12(11-6-7-18-14(11)20-8)15(22)21-10-4-2-9(3-5-10)13(16)17/h2-7,13H,1H3,(H,21,22)(H,18,19,20). The van der Waals surface area contributed by atoms with Crippen LogP contribution in [0.3, 0.4) is 0 Å². The molecule has 0 bridgehead atoms. The highest BCUT2D eigenvalue weighted by atomic mass is 19.3. The first kappa shape index (κ1) is 14.1. The predicted molar refractivity (Wildman–Crippen MR) is 78.0 cm³/mol. The summed E-state index contributed by atoms with van der Waals surface area (Å²) in [6.07, 6.45) is -0.860. The van der Waals surface area contributed by atoms with Crippen molar-refractivity contribution in [3.05, 3.63) is 53.6 Å². The fourth-order valence-electron chi connectivity index (χ4n) is 2.13. The number of H-pyrrole nitrogens is 1. The summed E-state index contributed by atoms with van der Waals surface area (Å²) < 4.78 is 25.0. The summed E-state index contributed by atoms with van der Waals surface area (Å²) in [7, 11) is 0. The first-order valence-corrected chi connectivity index (χ1v) is 6.56. The maximum absolute atomic E-state index is 12.5. The van der Waals surface area contributed by atoms with Gasteiger partial charge in [-0.05, 0) is 25.1 Å².